The molecule has 1 fully saturated rings. The average Bonchev–Trinajstić information content (AvgIpc) is 2.72. The van der Waals surface area contributed by atoms with E-state index in [0.717, 1.165) is 23.1 Å². The summed E-state index contributed by atoms with van der Waals surface area (Å²) in [6.07, 6.45) is 0. The van der Waals surface area contributed by atoms with Gasteiger partial charge in [-0.1, -0.05) is 48.8 Å². The van der Waals surface area contributed by atoms with Crippen molar-refractivity contribution in [3.05, 3.63) is 58.1 Å². The molecule has 1 N–H and O–H groups in total. The van der Waals surface area contributed by atoms with Crippen LogP contribution in [0.3, 0.4) is 0 Å². The standard InChI is InChI=1S/C24H30BrN3O3/c1-24(2,3)19-15-17(25)9-10-21(19)31-16-22(29)26-20-8-6-5-7-18(20)23(30)28-13-11-27(4)12-14-28/h5-10,15H,11-14,16H2,1-4H3,(H,26,29). The van der Waals surface area contributed by atoms with Gasteiger partial charge in [-0.05, 0) is 42.8 Å². The van der Waals surface area contributed by atoms with Crippen LogP contribution in [0, 0.1) is 0 Å². The Labute approximate surface area is 192 Å². The van der Waals surface area contributed by atoms with Crippen LogP contribution in [-0.4, -0.2) is 61.4 Å². The maximum atomic E-state index is 13.0. The molecule has 2 aromatic carbocycles. The van der Waals surface area contributed by atoms with Crippen LogP contribution in [0.4, 0.5) is 5.69 Å². The highest BCUT2D eigenvalue weighted by Crippen LogP contribution is 2.33. The van der Waals surface area contributed by atoms with Crippen molar-refractivity contribution in [2.24, 2.45) is 0 Å². The summed E-state index contributed by atoms with van der Waals surface area (Å²) in [4.78, 5) is 29.7. The van der Waals surface area contributed by atoms with Gasteiger partial charge in [0.2, 0.25) is 0 Å². The number of halogens is 1. The number of amides is 2. The van der Waals surface area contributed by atoms with E-state index in [2.05, 4.69) is 46.9 Å². The largest absolute Gasteiger partial charge is 0.483 e. The van der Waals surface area contributed by atoms with Crippen LogP contribution in [0.5, 0.6) is 5.75 Å². The summed E-state index contributed by atoms with van der Waals surface area (Å²) >= 11 is 3.50. The van der Waals surface area contributed by atoms with Gasteiger partial charge in [0.05, 0.1) is 11.3 Å². The predicted molar refractivity (Wildman–Crippen MR) is 127 cm³/mol. The van der Waals surface area contributed by atoms with Gasteiger partial charge in [0, 0.05) is 36.2 Å². The Morgan fingerprint density at radius 3 is 2.42 bits per heavy atom. The van der Waals surface area contributed by atoms with E-state index in [1.165, 1.54) is 0 Å². The quantitative estimate of drug-likeness (QED) is 0.687. The maximum absolute atomic E-state index is 13.0. The topological polar surface area (TPSA) is 61.9 Å². The number of anilines is 1. The number of carbonyl (C=O) groups excluding carboxylic acids is 2. The number of piperazine rings is 1. The molecule has 1 aliphatic rings. The lowest BCUT2D eigenvalue weighted by atomic mass is 9.86. The van der Waals surface area contributed by atoms with Gasteiger partial charge in [-0.2, -0.15) is 0 Å². The van der Waals surface area contributed by atoms with Crippen LogP contribution >= 0.6 is 15.9 Å². The van der Waals surface area contributed by atoms with Crippen LogP contribution in [0.2, 0.25) is 0 Å². The lowest BCUT2D eigenvalue weighted by Gasteiger charge is -2.32. The summed E-state index contributed by atoms with van der Waals surface area (Å²) in [5.74, 6) is 0.307. The third kappa shape index (κ3) is 6.08. The lowest BCUT2D eigenvalue weighted by molar-refractivity contribution is -0.118. The molecular formula is C24H30BrN3O3. The van der Waals surface area contributed by atoms with E-state index < -0.39 is 0 Å². The van der Waals surface area contributed by atoms with E-state index in [-0.39, 0.29) is 23.8 Å². The fourth-order valence-corrected chi connectivity index (χ4v) is 3.86. The minimum Gasteiger partial charge on any atom is -0.483 e. The molecule has 0 spiro atoms. The summed E-state index contributed by atoms with van der Waals surface area (Å²) in [5.41, 5.74) is 1.89. The van der Waals surface area contributed by atoms with E-state index >= 15 is 0 Å². The second-order valence-electron chi connectivity index (χ2n) is 8.87. The monoisotopic (exact) mass is 487 g/mol. The Bertz CT molecular complexity index is 947. The SMILES string of the molecule is CN1CCN(C(=O)c2ccccc2NC(=O)COc2ccc(Br)cc2C(C)(C)C)CC1. The van der Waals surface area contributed by atoms with E-state index in [9.17, 15) is 9.59 Å². The van der Waals surface area contributed by atoms with E-state index in [1.54, 1.807) is 12.1 Å². The summed E-state index contributed by atoms with van der Waals surface area (Å²) in [6.45, 7) is 9.21. The molecule has 166 valence electrons. The number of nitrogens with zero attached hydrogens (tertiary/aromatic N) is 2. The van der Waals surface area contributed by atoms with Gasteiger partial charge in [0.15, 0.2) is 6.61 Å². The molecule has 0 atom stereocenters. The van der Waals surface area contributed by atoms with Gasteiger partial charge in [-0.15, -0.1) is 0 Å². The van der Waals surface area contributed by atoms with Crippen molar-refractivity contribution in [1.82, 2.24) is 9.80 Å². The second-order valence-corrected chi connectivity index (χ2v) is 9.78. The Hall–Kier alpha value is -2.38. The Morgan fingerprint density at radius 2 is 1.74 bits per heavy atom. The molecule has 2 aromatic rings. The van der Waals surface area contributed by atoms with Crippen molar-refractivity contribution in [3.63, 3.8) is 0 Å². The van der Waals surface area contributed by atoms with Crippen LogP contribution in [0.15, 0.2) is 46.9 Å². The van der Waals surface area contributed by atoms with E-state index in [4.69, 9.17) is 4.74 Å². The zero-order chi connectivity index (χ0) is 22.6. The average molecular weight is 488 g/mol. The lowest BCUT2D eigenvalue weighted by Crippen LogP contribution is -2.47. The number of hydrogen-bond donors (Lipinski definition) is 1. The summed E-state index contributed by atoms with van der Waals surface area (Å²) in [7, 11) is 2.05. The first-order valence-electron chi connectivity index (χ1n) is 10.4. The molecule has 6 nitrogen and oxygen atoms in total. The number of hydrogen-bond acceptors (Lipinski definition) is 4. The first-order chi connectivity index (χ1) is 14.6. The van der Waals surface area contributed by atoms with Crippen LogP contribution < -0.4 is 10.1 Å². The number of para-hydroxylation sites is 1. The molecule has 1 saturated heterocycles. The fraction of sp³-hybridized carbons (Fsp3) is 0.417. The normalized spacial score (nSPS) is 14.9. The number of ether oxygens (including phenoxy) is 1. The van der Waals surface area contributed by atoms with Crippen molar-refractivity contribution >= 4 is 33.4 Å². The van der Waals surface area contributed by atoms with E-state index in [1.807, 2.05) is 42.3 Å². The smallest absolute Gasteiger partial charge is 0.262 e. The van der Waals surface area contributed by atoms with Crippen LogP contribution in [0.25, 0.3) is 0 Å². The van der Waals surface area contributed by atoms with Gasteiger partial charge in [-0.3, -0.25) is 9.59 Å². The van der Waals surface area contributed by atoms with Crippen molar-refractivity contribution < 1.29 is 14.3 Å². The molecular weight excluding hydrogens is 458 g/mol. The molecule has 1 heterocycles. The third-order valence-corrected chi connectivity index (χ3v) is 5.82. The van der Waals surface area contributed by atoms with Crippen molar-refractivity contribution in [3.8, 4) is 5.75 Å². The molecule has 31 heavy (non-hydrogen) atoms. The summed E-state index contributed by atoms with van der Waals surface area (Å²) in [6, 6.07) is 12.9. The number of carbonyl (C=O) groups is 2. The van der Waals surface area contributed by atoms with E-state index in [0.29, 0.717) is 30.1 Å². The van der Waals surface area contributed by atoms with Crippen molar-refractivity contribution in [2.45, 2.75) is 26.2 Å². The van der Waals surface area contributed by atoms with Gasteiger partial charge in [-0.25, -0.2) is 0 Å². The highest BCUT2D eigenvalue weighted by atomic mass is 79.9. The number of nitrogens with one attached hydrogen (secondary N) is 1. The minimum atomic E-state index is -0.304. The number of benzene rings is 2. The third-order valence-electron chi connectivity index (χ3n) is 5.33. The molecule has 3 rings (SSSR count). The Morgan fingerprint density at radius 1 is 1.06 bits per heavy atom. The first kappa shape index (κ1) is 23.3. The molecule has 0 aromatic heterocycles. The summed E-state index contributed by atoms with van der Waals surface area (Å²) in [5, 5.41) is 2.85. The molecule has 0 bridgehead atoms. The van der Waals surface area contributed by atoms with Crippen LogP contribution in [0.1, 0.15) is 36.7 Å². The first-order valence-corrected chi connectivity index (χ1v) is 11.2. The Kier molecular flexibility index (Phi) is 7.38. The minimum absolute atomic E-state index is 0.0622. The van der Waals surface area contributed by atoms with Gasteiger partial charge < -0.3 is 19.9 Å². The zero-order valence-corrected chi connectivity index (χ0v) is 20.2. The molecule has 0 radical (unpaired) electrons. The summed E-state index contributed by atoms with van der Waals surface area (Å²) < 4.78 is 6.81. The van der Waals surface area contributed by atoms with Crippen molar-refractivity contribution in [1.29, 1.82) is 0 Å². The Balaban J connectivity index is 1.68. The zero-order valence-electron chi connectivity index (χ0n) is 18.6. The predicted octanol–water partition coefficient (Wildman–Crippen LogP) is 4.15. The highest BCUT2D eigenvalue weighted by molar-refractivity contribution is 9.10. The highest BCUT2D eigenvalue weighted by Gasteiger charge is 2.23. The van der Waals surface area contributed by atoms with Gasteiger partial charge in [0.25, 0.3) is 11.8 Å². The second kappa shape index (κ2) is 9.83. The molecule has 0 saturated carbocycles. The van der Waals surface area contributed by atoms with Crippen LogP contribution in [-0.2, 0) is 10.2 Å². The molecule has 2 amide bonds. The maximum Gasteiger partial charge on any atom is 0.262 e. The van der Waals surface area contributed by atoms with Gasteiger partial charge in [0.1, 0.15) is 5.75 Å². The molecule has 0 unspecified atom stereocenters. The number of likely N-dealkylation sites (N-methyl/N-ethyl adjacent to an activating group) is 1. The van der Waals surface area contributed by atoms with Gasteiger partial charge >= 0.3 is 0 Å². The molecule has 1 aliphatic heterocycles. The fourth-order valence-electron chi connectivity index (χ4n) is 3.50. The number of rotatable bonds is 5. The van der Waals surface area contributed by atoms with Crippen molar-refractivity contribution in [2.75, 3.05) is 45.2 Å². The molecule has 7 heteroatoms. The molecule has 0 aliphatic carbocycles.